The zero-order valence-electron chi connectivity index (χ0n) is 19.7. The lowest BCUT2D eigenvalue weighted by Crippen LogP contribution is -2.57. The molecule has 3 aliphatic rings. The average molecular weight is 524 g/mol. The zero-order valence-corrected chi connectivity index (χ0v) is 21.2. The van der Waals surface area contributed by atoms with E-state index in [1.807, 2.05) is 0 Å². The summed E-state index contributed by atoms with van der Waals surface area (Å²) in [5.41, 5.74) is 0.738. The number of hydrogen-bond donors (Lipinski definition) is 1. The first-order chi connectivity index (χ1) is 16.7. The molecule has 0 spiro atoms. The quantitative estimate of drug-likeness (QED) is 0.575. The summed E-state index contributed by atoms with van der Waals surface area (Å²) in [4.78, 5) is 28.0. The molecule has 3 fully saturated rings. The standard InChI is InChI=1S/C23H30ClN5O5S/c1-34-21-7-6-19(24)10-18(21)12-26-22(30)20-5-3-9-29(20)23(31)17-4-2-8-27(15-17)35(32,33)28-13-16(11-25)14-28/h6-7,10,16-17,20H,2-5,8-9,12-15H2,1H3,(H,26,30)/t17-,20+/m0/s1. The van der Waals surface area contributed by atoms with Crippen molar-refractivity contribution >= 4 is 33.6 Å². The summed E-state index contributed by atoms with van der Waals surface area (Å²) in [6.45, 7) is 1.52. The number of nitrogens with zero attached hydrogens (tertiary/aromatic N) is 4. The maximum absolute atomic E-state index is 13.4. The molecule has 0 bridgehead atoms. The van der Waals surface area contributed by atoms with Gasteiger partial charge in [-0.3, -0.25) is 9.59 Å². The van der Waals surface area contributed by atoms with Gasteiger partial charge in [0.2, 0.25) is 11.8 Å². The zero-order chi connectivity index (χ0) is 25.2. The number of ether oxygens (including phenoxy) is 1. The van der Waals surface area contributed by atoms with E-state index in [4.69, 9.17) is 21.6 Å². The lowest BCUT2D eigenvalue weighted by atomic mass is 9.97. The van der Waals surface area contributed by atoms with Crippen LogP contribution in [-0.2, 0) is 26.3 Å². The summed E-state index contributed by atoms with van der Waals surface area (Å²) < 4.78 is 33.8. The van der Waals surface area contributed by atoms with Crippen LogP contribution in [0.1, 0.15) is 31.2 Å². The smallest absolute Gasteiger partial charge is 0.282 e. The molecule has 3 saturated heterocycles. The van der Waals surface area contributed by atoms with Crippen molar-refractivity contribution in [3.8, 4) is 11.8 Å². The molecule has 1 aromatic rings. The topological polar surface area (TPSA) is 123 Å². The molecule has 2 atom stereocenters. The van der Waals surface area contributed by atoms with Crippen LogP contribution in [-0.4, -0.2) is 79.6 Å². The van der Waals surface area contributed by atoms with E-state index in [9.17, 15) is 18.0 Å². The minimum atomic E-state index is -3.69. The van der Waals surface area contributed by atoms with Crippen LogP contribution in [0, 0.1) is 23.2 Å². The summed E-state index contributed by atoms with van der Waals surface area (Å²) >= 11 is 6.07. The number of likely N-dealkylation sites (tertiary alicyclic amines) is 1. The number of nitriles is 1. The Balaban J connectivity index is 1.37. The fourth-order valence-corrected chi connectivity index (χ4v) is 6.93. The van der Waals surface area contributed by atoms with Gasteiger partial charge in [-0.15, -0.1) is 0 Å². The third kappa shape index (κ3) is 5.40. The number of nitrogens with one attached hydrogen (secondary N) is 1. The van der Waals surface area contributed by atoms with Crippen molar-refractivity contribution in [2.45, 2.75) is 38.3 Å². The number of methoxy groups -OCH3 is 1. The van der Waals surface area contributed by atoms with Gasteiger partial charge in [0.15, 0.2) is 0 Å². The number of rotatable bonds is 7. The molecule has 4 rings (SSSR count). The predicted octanol–water partition coefficient (Wildman–Crippen LogP) is 1.37. The highest BCUT2D eigenvalue weighted by molar-refractivity contribution is 7.86. The van der Waals surface area contributed by atoms with Crippen molar-refractivity contribution in [3.63, 3.8) is 0 Å². The van der Waals surface area contributed by atoms with E-state index in [1.54, 1.807) is 30.2 Å². The van der Waals surface area contributed by atoms with Crippen molar-refractivity contribution in [1.29, 1.82) is 5.26 Å². The van der Waals surface area contributed by atoms with E-state index < -0.39 is 22.2 Å². The summed E-state index contributed by atoms with van der Waals surface area (Å²) in [6.07, 6.45) is 2.42. The van der Waals surface area contributed by atoms with Crippen LogP contribution in [0.5, 0.6) is 5.75 Å². The first-order valence-electron chi connectivity index (χ1n) is 11.8. The molecule has 0 radical (unpaired) electrons. The molecule has 35 heavy (non-hydrogen) atoms. The lowest BCUT2D eigenvalue weighted by molar-refractivity contribution is -0.142. The number of halogens is 1. The Morgan fingerprint density at radius 3 is 2.63 bits per heavy atom. The van der Waals surface area contributed by atoms with Crippen molar-refractivity contribution in [1.82, 2.24) is 18.8 Å². The van der Waals surface area contributed by atoms with Crippen LogP contribution >= 0.6 is 11.6 Å². The molecular weight excluding hydrogens is 494 g/mol. The van der Waals surface area contributed by atoms with Gasteiger partial charge >= 0.3 is 0 Å². The van der Waals surface area contributed by atoms with Crippen molar-refractivity contribution in [2.24, 2.45) is 11.8 Å². The molecule has 0 saturated carbocycles. The fraction of sp³-hybridized carbons (Fsp3) is 0.609. The van der Waals surface area contributed by atoms with Crippen LogP contribution in [0.4, 0.5) is 0 Å². The SMILES string of the molecule is COc1ccc(Cl)cc1CNC(=O)[C@H]1CCCN1C(=O)[C@H]1CCCN(S(=O)(=O)N2CC(C#N)C2)C1. The third-order valence-corrected chi connectivity index (χ3v) is 9.12. The average Bonchev–Trinajstić information content (AvgIpc) is 3.31. The molecule has 3 heterocycles. The lowest BCUT2D eigenvalue weighted by Gasteiger charge is -2.41. The number of piperidine rings is 1. The van der Waals surface area contributed by atoms with E-state index in [1.165, 1.54) is 8.61 Å². The Morgan fingerprint density at radius 2 is 1.91 bits per heavy atom. The van der Waals surface area contributed by atoms with Gasteiger partial charge in [-0.2, -0.15) is 22.3 Å². The predicted molar refractivity (Wildman–Crippen MR) is 128 cm³/mol. The van der Waals surface area contributed by atoms with E-state index >= 15 is 0 Å². The van der Waals surface area contributed by atoms with Gasteiger partial charge < -0.3 is 15.0 Å². The first-order valence-corrected chi connectivity index (χ1v) is 13.6. The number of hydrogen-bond acceptors (Lipinski definition) is 6. The molecule has 2 amide bonds. The molecule has 0 aliphatic carbocycles. The highest BCUT2D eigenvalue weighted by Crippen LogP contribution is 2.29. The number of benzene rings is 1. The normalized spacial score (nSPS) is 24.0. The second-order valence-electron chi connectivity index (χ2n) is 9.21. The van der Waals surface area contributed by atoms with Crippen LogP contribution in [0.3, 0.4) is 0 Å². The van der Waals surface area contributed by atoms with Gasteiger partial charge in [-0.1, -0.05) is 11.6 Å². The molecule has 1 aromatic carbocycles. The fourth-order valence-electron chi connectivity index (χ4n) is 4.95. The van der Waals surface area contributed by atoms with Gasteiger partial charge in [-0.05, 0) is 43.9 Å². The van der Waals surface area contributed by atoms with Crippen LogP contribution in [0.25, 0.3) is 0 Å². The highest BCUT2D eigenvalue weighted by Gasteiger charge is 2.44. The summed E-state index contributed by atoms with van der Waals surface area (Å²) in [5.74, 6) is -0.584. The van der Waals surface area contributed by atoms with E-state index in [2.05, 4.69) is 11.4 Å². The maximum atomic E-state index is 13.4. The van der Waals surface area contributed by atoms with Gasteiger partial charge in [0, 0.05) is 49.9 Å². The minimum Gasteiger partial charge on any atom is -0.496 e. The molecule has 1 N–H and O–H groups in total. The Bertz CT molecular complexity index is 1120. The van der Waals surface area contributed by atoms with Gasteiger partial charge in [-0.25, -0.2) is 0 Å². The Labute approximate surface area is 210 Å². The Morgan fingerprint density at radius 1 is 1.17 bits per heavy atom. The molecule has 0 unspecified atom stereocenters. The minimum absolute atomic E-state index is 0.0967. The molecule has 10 nitrogen and oxygen atoms in total. The molecule has 12 heteroatoms. The second kappa shape index (κ2) is 10.7. The van der Waals surface area contributed by atoms with Crippen LogP contribution in [0.2, 0.25) is 5.02 Å². The van der Waals surface area contributed by atoms with Crippen molar-refractivity contribution < 1.29 is 22.7 Å². The summed E-state index contributed by atoms with van der Waals surface area (Å²) in [5, 5.41) is 12.4. The molecule has 3 aliphatic heterocycles. The van der Waals surface area contributed by atoms with E-state index in [-0.39, 0.29) is 43.9 Å². The van der Waals surface area contributed by atoms with Crippen molar-refractivity contribution in [3.05, 3.63) is 28.8 Å². The second-order valence-corrected chi connectivity index (χ2v) is 11.6. The molecule has 190 valence electrons. The van der Waals surface area contributed by atoms with E-state index in [0.717, 1.165) is 5.56 Å². The molecular formula is C23H30ClN5O5S. The van der Waals surface area contributed by atoms with Crippen LogP contribution < -0.4 is 10.1 Å². The monoisotopic (exact) mass is 523 g/mol. The highest BCUT2D eigenvalue weighted by atomic mass is 35.5. The largest absolute Gasteiger partial charge is 0.496 e. The van der Waals surface area contributed by atoms with Gasteiger partial charge in [0.25, 0.3) is 10.2 Å². The summed E-state index contributed by atoms with van der Waals surface area (Å²) in [6, 6.07) is 6.66. The maximum Gasteiger partial charge on any atom is 0.282 e. The third-order valence-electron chi connectivity index (χ3n) is 6.95. The number of amides is 2. The summed E-state index contributed by atoms with van der Waals surface area (Å²) in [7, 11) is -2.15. The Kier molecular flexibility index (Phi) is 7.86. The number of carbonyl (C=O) groups is 2. The van der Waals surface area contributed by atoms with Crippen molar-refractivity contribution in [2.75, 3.05) is 39.8 Å². The van der Waals surface area contributed by atoms with Gasteiger partial charge in [0.1, 0.15) is 11.8 Å². The first kappa shape index (κ1) is 25.7. The Hall–Kier alpha value is -2.39. The van der Waals surface area contributed by atoms with Gasteiger partial charge in [0.05, 0.1) is 25.0 Å². The molecule has 0 aromatic heterocycles. The number of carbonyl (C=O) groups excluding carboxylic acids is 2. The van der Waals surface area contributed by atoms with Crippen LogP contribution in [0.15, 0.2) is 18.2 Å². The van der Waals surface area contributed by atoms with E-state index in [0.29, 0.717) is 49.5 Å².